The summed E-state index contributed by atoms with van der Waals surface area (Å²) in [4.78, 5) is 15.5. The summed E-state index contributed by atoms with van der Waals surface area (Å²) >= 11 is 0. The van der Waals surface area contributed by atoms with Crippen LogP contribution in [0.2, 0.25) is 0 Å². The summed E-state index contributed by atoms with van der Waals surface area (Å²) in [5.41, 5.74) is 1.14. The van der Waals surface area contributed by atoms with Gasteiger partial charge in [-0.2, -0.15) is 0 Å². The molecule has 0 spiro atoms. The molecule has 4 heteroatoms. The van der Waals surface area contributed by atoms with Gasteiger partial charge in [0.15, 0.2) is 0 Å². The average Bonchev–Trinajstić information content (AvgIpc) is 2.40. The minimum absolute atomic E-state index is 0.0123. The third kappa shape index (κ3) is 4.37. The highest BCUT2D eigenvalue weighted by Crippen LogP contribution is 2.13. The van der Waals surface area contributed by atoms with Crippen LogP contribution in [0, 0.1) is 0 Å². The van der Waals surface area contributed by atoms with E-state index in [-0.39, 0.29) is 12.5 Å². The lowest BCUT2D eigenvalue weighted by Gasteiger charge is -2.24. The summed E-state index contributed by atoms with van der Waals surface area (Å²) in [6.07, 6.45) is 0.471. The van der Waals surface area contributed by atoms with Crippen molar-refractivity contribution in [1.29, 1.82) is 0 Å². The average molecular weight is 250 g/mol. The Kier molecular flexibility index (Phi) is 6.22. The van der Waals surface area contributed by atoms with Gasteiger partial charge in [0.2, 0.25) is 5.91 Å². The van der Waals surface area contributed by atoms with Crippen LogP contribution in [0.25, 0.3) is 0 Å². The molecule has 0 fully saturated rings. The Morgan fingerprint density at radius 2 is 1.89 bits per heavy atom. The zero-order valence-corrected chi connectivity index (χ0v) is 11.2. The molecule has 1 amide bonds. The van der Waals surface area contributed by atoms with Crippen molar-refractivity contribution >= 4 is 11.6 Å². The third-order valence-corrected chi connectivity index (χ3v) is 2.96. The summed E-state index contributed by atoms with van der Waals surface area (Å²) in [5.74, 6) is 0.0680. The molecule has 1 rings (SSSR count). The molecule has 0 aliphatic heterocycles. The lowest BCUT2D eigenvalue weighted by molar-refractivity contribution is -0.130. The maximum atomic E-state index is 11.8. The zero-order valence-electron chi connectivity index (χ0n) is 11.2. The van der Waals surface area contributed by atoms with Crippen LogP contribution in [0.5, 0.6) is 0 Å². The summed E-state index contributed by atoms with van der Waals surface area (Å²) in [6.45, 7) is 4.07. The van der Waals surface area contributed by atoms with Crippen molar-refractivity contribution in [3.63, 3.8) is 0 Å². The van der Waals surface area contributed by atoms with E-state index in [9.17, 15) is 4.79 Å². The molecular formula is C14H22N2O2. The van der Waals surface area contributed by atoms with Crippen molar-refractivity contribution in [3.05, 3.63) is 30.3 Å². The zero-order chi connectivity index (χ0) is 13.4. The van der Waals surface area contributed by atoms with Gasteiger partial charge in [0.1, 0.15) is 0 Å². The van der Waals surface area contributed by atoms with Crippen molar-refractivity contribution in [2.75, 3.05) is 38.2 Å². The number of hydrogen-bond donors (Lipinski definition) is 1. The molecule has 0 atom stereocenters. The molecule has 0 saturated carbocycles. The summed E-state index contributed by atoms with van der Waals surface area (Å²) < 4.78 is 0. The number of carbonyl (C=O) groups is 1. The Labute approximate surface area is 109 Å². The molecule has 0 aromatic heterocycles. The van der Waals surface area contributed by atoms with E-state index in [1.54, 1.807) is 11.9 Å². The summed E-state index contributed by atoms with van der Waals surface area (Å²) in [6, 6.07) is 10.1. The fourth-order valence-electron chi connectivity index (χ4n) is 1.80. The standard InChI is InChI=1S/C14H22N2O2/c1-3-16(13-7-5-4-6-8-13)10-9-14(18)15(2)11-12-17/h4-8,17H,3,9-12H2,1-2H3. The highest BCUT2D eigenvalue weighted by Gasteiger charge is 2.10. The van der Waals surface area contributed by atoms with Gasteiger partial charge in [0, 0.05) is 38.8 Å². The number of nitrogens with zero attached hydrogens (tertiary/aromatic N) is 2. The maximum absolute atomic E-state index is 11.8. The van der Waals surface area contributed by atoms with E-state index < -0.39 is 0 Å². The molecule has 1 aromatic rings. The SMILES string of the molecule is CCN(CCC(=O)N(C)CCO)c1ccccc1. The molecule has 1 aromatic carbocycles. The van der Waals surface area contributed by atoms with Crippen LogP contribution >= 0.6 is 0 Å². The molecule has 0 bridgehead atoms. The maximum Gasteiger partial charge on any atom is 0.224 e. The van der Waals surface area contributed by atoms with Gasteiger partial charge in [0.25, 0.3) is 0 Å². The fraction of sp³-hybridized carbons (Fsp3) is 0.500. The van der Waals surface area contributed by atoms with E-state index in [0.29, 0.717) is 19.5 Å². The first-order chi connectivity index (χ1) is 8.69. The molecule has 1 N–H and O–H groups in total. The van der Waals surface area contributed by atoms with Gasteiger partial charge in [-0.15, -0.1) is 0 Å². The predicted octanol–water partition coefficient (Wildman–Crippen LogP) is 1.35. The van der Waals surface area contributed by atoms with E-state index in [4.69, 9.17) is 5.11 Å². The number of aliphatic hydroxyl groups is 1. The Morgan fingerprint density at radius 1 is 1.22 bits per heavy atom. The molecule has 18 heavy (non-hydrogen) atoms. The number of anilines is 1. The van der Waals surface area contributed by atoms with Crippen LogP contribution in [0.15, 0.2) is 30.3 Å². The number of likely N-dealkylation sites (N-methyl/N-ethyl adjacent to an activating group) is 1. The predicted molar refractivity (Wildman–Crippen MR) is 73.7 cm³/mol. The second kappa shape index (κ2) is 7.71. The van der Waals surface area contributed by atoms with Crippen molar-refractivity contribution in [2.45, 2.75) is 13.3 Å². The second-order valence-electron chi connectivity index (χ2n) is 4.20. The van der Waals surface area contributed by atoms with Crippen LogP contribution in [0.4, 0.5) is 5.69 Å². The van der Waals surface area contributed by atoms with Crippen LogP contribution in [0.1, 0.15) is 13.3 Å². The van der Waals surface area contributed by atoms with Crippen LogP contribution in [-0.4, -0.2) is 49.2 Å². The monoisotopic (exact) mass is 250 g/mol. The summed E-state index contributed by atoms with van der Waals surface area (Å²) in [5, 5.41) is 8.78. The second-order valence-corrected chi connectivity index (χ2v) is 4.20. The van der Waals surface area contributed by atoms with E-state index in [1.165, 1.54) is 0 Å². The summed E-state index contributed by atoms with van der Waals surface area (Å²) in [7, 11) is 1.72. The number of benzene rings is 1. The van der Waals surface area contributed by atoms with Crippen LogP contribution in [-0.2, 0) is 4.79 Å². The largest absolute Gasteiger partial charge is 0.395 e. The highest BCUT2D eigenvalue weighted by atomic mass is 16.3. The lowest BCUT2D eigenvalue weighted by Crippen LogP contribution is -2.33. The van der Waals surface area contributed by atoms with Crippen molar-refractivity contribution in [3.8, 4) is 0 Å². The van der Waals surface area contributed by atoms with E-state index in [1.807, 2.05) is 30.3 Å². The van der Waals surface area contributed by atoms with Gasteiger partial charge in [-0.3, -0.25) is 4.79 Å². The van der Waals surface area contributed by atoms with Gasteiger partial charge in [-0.1, -0.05) is 18.2 Å². The number of amides is 1. The fourth-order valence-corrected chi connectivity index (χ4v) is 1.80. The smallest absolute Gasteiger partial charge is 0.224 e. The van der Waals surface area contributed by atoms with E-state index in [2.05, 4.69) is 11.8 Å². The molecule has 0 heterocycles. The van der Waals surface area contributed by atoms with Crippen LogP contribution in [0.3, 0.4) is 0 Å². The first-order valence-corrected chi connectivity index (χ1v) is 6.33. The topological polar surface area (TPSA) is 43.8 Å². The molecule has 0 unspecified atom stereocenters. The minimum atomic E-state index is 0.0123. The Bertz CT molecular complexity index is 354. The van der Waals surface area contributed by atoms with Crippen molar-refractivity contribution in [1.82, 2.24) is 4.90 Å². The molecule has 0 radical (unpaired) electrons. The van der Waals surface area contributed by atoms with Gasteiger partial charge in [-0.05, 0) is 19.1 Å². The first kappa shape index (κ1) is 14.5. The number of aliphatic hydroxyl groups excluding tert-OH is 1. The molecule has 100 valence electrons. The lowest BCUT2D eigenvalue weighted by atomic mass is 10.2. The molecule has 0 saturated heterocycles. The molecule has 4 nitrogen and oxygen atoms in total. The molecule has 0 aliphatic carbocycles. The van der Waals surface area contributed by atoms with E-state index >= 15 is 0 Å². The van der Waals surface area contributed by atoms with Gasteiger partial charge in [-0.25, -0.2) is 0 Å². The van der Waals surface area contributed by atoms with E-state index in [0.717, 1.165) is 12.2 Å². The Morgan fingerprint density at radius 3 is 2.44 bits per heavy atom. The van der Waals surface area contributed by atoms with Crippen molar-refractivity contribution < 1.29 is 9.90 Å². The quantitative estimate of drug-likeness (QED) is 0.794. The highest BCUT2D eigenvalue weighted by molar-refractivity contribution is 5.76. The van der Waals surface area contributed by atoms with Gasteiger partial charge in [0.05, 0.1) is 6.61 Å². The van der Waals surface area contributed by atoms with Crippen molar-refractivity contribution in [2.24, 2.45) is 0 Å². The van der Waals surface area contributed by atoms with Crippen LogP contribution < -0.4 is 4.90 Å². The first-order valence-electron chi connectivity index (χ1n) is 6.33. The third-order valence-electron chi connectivity index (χ3n) is 2.96. The van der Waals surface area contributed by atoms with Gasteiger partial charge >= 0.3 is 0 Å². The molecular weight excluding hydrogens is 228 g/mol. The Hall–Kier alpha value is -1.55. The number of para-hydroxylation sites is 1. The number of carbonyl (C=O) groups excluding carboxylic acids is 1. The minimum Gasteiger partial charge on any atom is -0.395 e. The normalized spacial score (nSPS) is 10.2. The Balaban J connectivity index is 2.48. The van der Waals surface area contributed by atoms with Gasteiger partial charge < -0.3 is 14.9 Å². The number of hydrogen-bond acceptors (Lipinski definition) is 3. The number of rotatable bonds is 7. The molecule has 0 aliphatic rings.